The molecule has 0 atom stereocenters. The van der Waals surface area contributed by atoms with E-state index in [9.17, 15) is 22.4 Å². The van der Waals surface area contributed by atoms with Gasteiger partial charge in [0.2, 0.25) is 0 Å². The third-order valence-corrected chi connectivity index (χ3v) is 5.18. The number of ether oxygens (including phenoxy) is 1. The summed E-state index contributed by atoms with van der Waals surface area (Å²) in [6.45, 7) is 0. The topological polar surface area (TPSA) is 102 Å². The van der Waals surface area contributed by atoms with E-state index >= 15 is 0 Å². The van der Waals surface area contributed by atoms with Gasteiger partial charge in [-0.2, -0.15) is 13.2 Å². The largest absolute Gasteiger partial charge is 0.453 e. The highest BCUT2D eigenvalue weighted by atomic mass is 35.5. The number of aromatic nitrogens is 2. The molecule has 0 saturated carbocycles. The number of carbonyl (C=O) groups is 1. The van der Waals surface area contributed by atoms with Crippen molar-refractivity contribution in [3.05, 3.63) is 95.0 Å². The molecule has 0 aliphatic heterocycles. The molecule has 4 N–H and O–H groups in total. The van der Waals surface area contributed by atoms with Crippen LogP contribution in [0.4, 0.5) is 40.6 Å². The van der Waals surface area contributed by atoms with Gasteiger partial charge in [-0.25, -0.2) is 14.4 Å². The maximum atomic E-state index is 14.7. The number of hydrogen-bond donors (Lipinski definition) is 3. The summed E-state index contributed by atoms with van der Waals surface area (Å²) in [5.74, 6) is -1.41. The molecule has 36 heavy (non-hydrogen) atoms. The van der Waals surface area contributed by atoms with Crippen molar-refractivity contribution >= 4 is 40.5 Å². The van der Waals surface area contributed by atoms with Crippen molar-refractivity contribution in [2.45, 2.75) is 6.18 Å². The van der Waals surface area contributed by atoms with Gasteiger partial charge in [0.25, 0.3) is 5.91 Å². The molecule has 2 aromatic carbocycles. The van der Waals surface area contributed by atoms with Crippen LogP contribution in [0.2, 0.25) is 5.02 Å². The lowest BCUT2D eigenvalue weighted by molar-refractivity contribution is -0.137. The molecule has 0 aliphatic carbocycles. The van der Waals surface area contributed by atoms with E-state index < -0.39 is 23.5 Å². The quantitative estimate of drug-likeness (QED) is 0.247. The molecule has 0 radical (unpaired) electrons. The second-order valence-corrected chi connectivity index (χ2v) is 7.69. The number of rotatable bonds is 6. The van der Waals surface area contributed by atoms with Crippen LogP contribution >= 0.6 is 11.6 Å². The van der Waals surface area contributed by atoms with Gasteiger partial charge in [0.15, 0.2) is 17.3 Å². The number of hydrogen-bond acceptors (Lipinski definition) is 6. The molecule has 0 saturated heterocycles. The van der Waals surface area contributed by atoms with Crippen LogP contribution in [0.3, 0.4) is 0 Å². The highest BCUT2D eigenvalue weighted by Crippen LogP contribution is 2.34. The van der Waals surface area contributed by atoms with Gasteiger partial charge in [-0.05, 0) is 42.5 Å². The van der Waals surface area contributed by atoms with Crippen LogP contribution < -0.4 is 21.1 Å². The Labute approximate surface area is 206 Å². The van der Waals surface area contributed by atoms with E-state index in [0.29, 0.717) is 0 Å². The van der Waals surface area contributed by atoms with Crippen molar-refractivity contribution in [3.8, 4) is 11.5 Å². The second kappa shape index (κ2) is 10.1. The normalized spacial score (nSPS) is 11.1. The number of nitrogens with two attached hydrogens (primary N) is 1. The van der Waals surface area contributed by atoms with Crippen molar-refractivity contribution in [3.63, 3.8) is 0 Å². The monoisotopic (exact) mass is 517 g/mol. The van der Waals surface area contributed by atoms with E-state index in [-0.39, 0.29) is 45.1 Å². The van der Waals surface area contributed by atoms with E-state index in [4.69, 9.17) is 22.1 Å². The Hall–Kier alpha value is -4.38. The SMILES string of the molecule is Nc1nccc(Oc2ccc(Nc3ncccc3C(=O)Nc3cccc(C(F)(F)F)c3)cc2F)c1Cl. The zero-order valence-electron chi connectivity index (χ0n) is 18.1. The molecule has 0 fully saturated rings. The summed E-state index contributed by atoms with van der Waals surface area (Å²) in [5.41, 5.74) is 4.92. The maximum absolute atomic E-state index is 14.7. The number of nitrogen functional groups attached to an aromatic ring is 1. The Morgan fingerprint density at radius 3 is 2.50 bits per heavy atom. The minimum absolute atomic E-state index is 0.0229. The number of amides is 1. The number of carbonyl (C=O) groups excluding carboxylic acids is 1. The fraction of sp³-hybridized carbons (Fsp3) is 0.0417. The molecule has 4 aromatic rings. The first-order chi connectivity index (χ1) is 17.1. The van der Waals surface area contributed by atoms with Crippen molar-refractivity contribution in [2.24, 2.45) is 0 Å². The smallest absolute Gasteiger partial charge is 0.416 e. The molecule has 7 nitrogen and oxygen atoms in total. The first-order valence-corrected chi connectivity index (χ1v) is 10.6. The molecule has 0 aliphatic rings. The molecule has 0 spiro atoms. The van der Waals surface area contributed by atoms with Crippen molar-refractivity contribution in [1.82, 2.24) is 9.97 Å². The van der Waals surface area contributed by atoms with Crippen LogP contribution in [0.25, 0.3) is 0 Å². The summed E-state index contributed by atoms with van der Waals surface area (Å²) in [4.78, 5) is 20.7. The molecule has 1 amide bonds. The molecule has 12 heteroatoms. The van der Waals surface area contributed by atoms with Gasteiger partial charge in [0.1, 0.15) is 16.7 Å². The van der Waals surface area contributed by atoms with E-state index in [2.05, 4.69) is 20.6 Å². The summed E-state index contributed by atoms with van der Waals surface area (Å²) in [7, 11) is 0. The minimum atomic E-state index is -4.56. The van der Waals surface area contributed by atoms with Crippen molar-refractivity contribution in [2.75, 3.05) is 16.4 Å². The highest BCUT2D eigenvalue weighted by Gasteiger charge is 2.30. The molecule has 4 rings (SSSR count). The summed E-state index contributed by atoms with van der Waals surface area (Å²) in [6, 6.07) is 12.5. The van der Waals surface area contributed by atoms with Crippen LogP contribution in [0.5, 0.6) is 11.5 Å². The van der Waals surface area contributed by atoms with Gasteiger partial charge in [-0.15, -0.1) is 0 Å². The highest BCUT2D eigenvalue weighted by molar-refractivity contribution is 6.34. The average Bonchev–Trinajstić information content (AvgIpc) is 2.83. The summed E-state index contributed by atoms with van der Waals surface area (Å²) >= 11 is 6.02. The van der Waals surface area contributed by atoms with Crippen LogP contribution in [-0.4, -0.2) is 15.9 Å². The molecule has 2 heterocycles. The first-order valence-electron chi connectivity index (χ1n) is 10.2. The van der Waals surface area contributed by atoms with Gasteiger partial charge in [0, 0.05) is 35.9 Å². The average molecular weight is 518 g/mol. The lowest BCUT2D eigenvalue weighted by atomic mass is 10.1. The molecule has 184 valence electrons. The zero-order chi connectivity index (χ0) is 25.9. The third-order valence-electron chi connectivity index (χ3n) is 4.80. The fourth-order valence-corrected chi connectivity index (χ4v) is 3.25. The van der Waals surface area contributed by atoms with Gasteiger partial charge < -0.3 is 21.1 Å². The Morgan fingerprint density at radius 2 is 1.75 bits per heavy atom. The van der Waals surface area contributed by atoms with Gasteiger partial charge in [-0.1, -0.05) is 17.7 Å². The summed E-state index contributed by atoms with van der Waals surface area (Å²) in [5, 5.41) is 5.27. The second-order valence-electron chi connectivity index (χ2n) is 7.31. The number of benzene rings is 2. The summed E-state index contributed by atoms with van der Waals surface area (Å²) in [6.07, 6.45) is -1.80. The Kier molecular flexibility index (Phi) is 6.93. The van der Waals surface area contributed by atoms with E-state index in [0.717, 1.165) is 18.2 Å². The third kappa shape index (κ3) is 5.63. The van der Waals surface area contributed by atoms with Gasteiger partial charge in [0.05, 0.1) is 11.1 Å². The summed E-state index contributed by atoms with van der Waals surface area (Å²) < 4.78 is 59.1. The number of halogens is 5. The molecule has 2 aromatic heterocycles. The molecular weight excluding hydrogens is 502 g/mol. The minimum Gasteiger partial charge on any atom is -0.453 e. The first kappa shape index (κ1) is 24.7. The number of nitrogens with one attached hydrogen (secondary N) is 2. The van der Waals surface area contributed by atoms with E-state index in [1.807, 2.05) is 0 Å². The van der Waals surface area contributed by atoms with Crippen LogP contribution in [-0.2, 0) is 6.18 Å². The van der Waals surface area contributed by atoms with Gasteiger partial charge >= 0.3 is 6.18 Å². The van der Waals surface area contributed by atoms with Crippen molar-refractivity contribution in [1.29, 1.82) is 0 Å². The van der Waals surface area contributed by atoms with Crippen LogP contribution in [0.15, 0.2) is 73.1 Å². The molecule has 0 bridgehead atoms. The Balaban J connectivity index is 1.52. The standard InChI is InChI=1S/C24H16ClF4N5O2/c25-20-19(8-10-31-21(20)30)36-18-7-6-15(12-17(18)26)33-22-16(5-2-9-32-22)23(35)34-14-4-1-3-13(11-14)24(27,28)29/h1-12H,(H2,30,31)(H,32,33)(H,34,35). The van der Waals surface area contributed by atoms with Crippen LogP contribution in [0, 0.1) is 5.82 Å². The van der Waals surface area contributed by atoms with Crippen molar-refractivity contribution < 1.29 is 27.1 Å². The fourth-order valence-electron chi connectivity index (χ4n) is 3.10. The number of pyridine rings is 2. The lowest BCUT2D eigenvalue weighted by Crippen LogP contribution is -2.15. The number of nitrogens with zero attached hydrogens (tertiary/aromatic N) is 2. The number of anilines is 4. The Morgan fingerprint density at radius 1 is 0.944 bits per heavy atom. The Bertz CT molecular complexity index is 1430. The van der Waals surface area contributed by atoms with E-state index in [1.54, 1.807) is 0 Å². The molecular formula is C24H16ClF4N5O2. The zero-order valence-corrected chi connectivity index (χ0v) is 18.9. The van der Waals surface area contributed by atoms with Gasteiger partial charge in [-0.3, -0.25) is 4.79 Å². The predicted molar refractivity (Wildman–Crippen MR) is 127 cm³/mol. The molecule has 0 unspecified atom stereocenters. The van der Waals surface area contributed by atoms with Crippen LogP contribution in [0.1, 0.15) is 15.9 Å². The maximum Gasteiger partial charge on any atom is 0.416 e. The van der Waals surface area contributed by atoms with E-state index in [1.165, 1.54) is 54.9 Å². The predicted octanol–water partition coefficient (Wildman–Crippen LogP) is 6.66. The lowest BCUT2D eigenvalue weighted by Gasteiger charge is -2.14. The number of alkyl halides is 3.